The Balaban J connectivity index is 1.95. The molecule has 3 rings (SSSR count). The molecule has 0 saturated carbocycles. The molecule has 2 amide bonds. The van der Waals surface area contributed by atoms with Crippen LogP contribution in [0.15, 0.2) is 54.1 Å². The van der Waals surface area contributed by atoms with Crippen molar-refractivity contribution in [1.29, 1.82) is 0 Å². The van der Waals surface area contributed by atoms with E-state index < -0.39 is 11.8 Å². The van der Waals surface area contributed by atoms with Crippen molar-refractivity contribution in [2.75, 3.05) is 12.0 Å². The maximum Gasteiger partial charge on any atom is 0.270 e. The predicted molar refractivity (Wildman–Crippen MR) is 105 cm³/mol. The quantitative estimate of drug-likeness (QED) is 0.513. The van der Waals surface area contributed by atoms with Crippen molar-refractivity contribution in [2.45, 2.75) is 13.3 Å². The summed E-state index contributed by atoms with van der Waals surface area (Å²) in [6.07, 6.45) is 2.45. The molecule has 0 bridgehead atoms. The highest BCUT2D eigenvalue weighted by atomic mass is 32.1. The molecule has 0 unspecified atom stereocenters. The summed E-state index contributed by atoms with van der Waals surface area (Å²) in [4.78, 5) is 26.5. The minimum atomic E-state index is -0.503. The third-order valence-corrected chi connectivity index (χ3v) is 4.42. The lowest BCUT2D eigenvalue weighted by Crippen LogP contribution is -2.54. The minimum absolute atomic E-state index is 0.0309. The Morgan fingerprint density at radius 2 is 1.73 bits per heavy atom. The van der Waals surface area contributed by atoms with E-state index >= 15 is 0 Å². The number of carbonyl (C=O) groups is 2. The molecule has 1 N–H and O–H groups in total. The fourth-order valence-corrected chi connectivity index (χ4v) is 2.92. The van der Waals surface area contributed by atoms with Gasteiger partial charge < -0.3 is 4.74 Å². The summed E-state index contributed by atoms with van der Waals surface area (Å²) in [7, 11) is 1.58. The first-order valence-corrected chi connectivity index (χ1v) is 8.58. The average Bonchev–Trinajstić information content (AvgIpc) is 2.66. The second-order valence-corrected chi connectivity index (χ2v) is 6.14. The Bertz CT molecular complexity index is 886. The van der Waals surface area contributed by atoms with Crippen molar-refractivity contribution >= 4 is 40.9 Å². The van der Waals surface area contributed by atoms with Gasteiger partial charge in [0.2, 0.25) is 0 Å². The molecule has 132 valence electrons. The number of benzene rings is 2. The van der Waals surface area contributed by atoms with E-state index in [1.165, 1.54) is 4.90 Å². The van der Waals surface area contributed by atoms with Gasteiger partial charge in [-0.2, -0.15) is 0 Å². The maximum absolute atomic E-state index is 12.9. The number of aryl methyl sites for hydroxylation is 1. The molecule has 0 atom stereocenters. The van der Waals surface area contributed by atoms with Crippen molar-refractivity contribution in [3.63, 3.8) is 0 Å². The third-order valence-electron chi connectivity index (χ3n) is 4.13. The number of nitrogens with zero attached hydrogens (tertiary/aromatic N) is 1. The molecule has 0 aliphatic carbocycles. The van der Waals surface area contributed by atoms with Crippen LogP contribution in [0.1, 0.15) is 18.1 Å². The first kappa shape index (κ1) is 17.8. The molecular formula is C20H18N2O3S. The number of carbonyl (C=O) groups excluding carboxylic acids is 2. The summed E-state index contributed by atoms with van der Waals surface area (Å²) >= 11 is 5.20. The molecule has 0 spiro atoms. The molecule has 1 heterocycles. The van der Waals surface area contributed by atoms with E-state index in [1.807, 2.05) is 24.3 Å². The van der Waals surface area contributed by atoms with E-state index in [0.717, 1.165) is 17.5 Å². The van der Waals surface area contributed by atoms with E-state index in [4.69, 9.17) is 17.0 Å². The summed E-state index contributed by atoms with van der Waals surface area (Å²) < 4.78 is 5.12. The molecule has 6 heteroatoms. The van der Waals surface area contributed by atoms with Gasteiger partial charge in [0.1, 0.15) is 11.3 Å². The Kier molecular flexibility index (Phi) is 5.14. The van der Waals surface area contributed by atoms with Gasteiger partial charge in [-0.15, -0.1) is 0 Å². The molecule has 0 aromatic heterocycles. The maximum atomic E-state index is 12.9. The molecule has 5 nitrogen and oxygen atoms in total. The van der Waals surface area contributed by atoms with Crippen molar-refractivity contribution in [3.8, 4) is 5.75 Å². The van der Waals surface area contributed by atoms with Crippen molar-refractivity contribution < 1.29 is 14.3 Å². The zero-order chi connectivity index (χ0) is 18.7. The van der Waals surface area contributed by atoms with Gasteiger partial charge in [0, 0.05) is 0 Å². The standard InChI is InChI=1S/C20H18N2O3S/c1-3-13-4-8-15(9-5-13)22-19(24)17(18(23)21-20(22)26)12-14-6-10-16(25-2)11-7-14/h4-12H,3H2,1-2H3,(H,21,23,26)/b17-12+. The summed E-state index contributed by atoms with van der Waals surface area (Å²) in [5, 5.41) is 2.66. The van der Waals surface area contributed by atoms with Crippen LogP contribution in [0, 0.1) is 0 Å². The van der Waals surface area contributed by atoms with E-state index in [2.05, 4.69) is 12.2 Å². The van der Waals surface area contributed by atoms with Gasteiger partial charge in [0.15, 0.2) is 5.11 Å². The lowest BCUT2D eigenvalue weighted by Gasteiger charge is -2.29. The summed E-state index contributed by atoms with van der Waals surface area (Å²) in [6.45, 7) is 2.06. The first-order valence-electron chi connectivity index (χ1n) is 8.18. The van der Waals surface area contributed by atoms with Crippen LogP contribution >= 0.6 is 12.2 Å². The van der Waals surface area contributed by atoms with Gasteiger partial charge in [-0.05, 0) is 60.1 Å². The van der Waals surface area contributed by atoms with Crippen LogP contribution in [0.2, 0.25) is 0 Å². The summed E-state index contributed by atoms with van der Waals surface area (Å²) in [6, 6.07) is 14.6. The third kappa shape index (κ3) is 3.50. The van der Waals surface area contributed by atoms with Crippen molar-refractivity contribution in [3.05, 3.63) is 65.2 Å². The number of methoxy groups -OCH3 is 1. The molecule has 1 saturated heterocycles. The SMILES string of the molecule is CCc1ccc(N2C(=O)/C(=C/c3ccc(OC)cc3)C(=O)NC2=S)cc1. The van der Waals surface area contributed by atoms with Crippen LogP contribution in [0.5, 0.6) is 5.75 Å². The number of hydrogen-bond acceptors (Lipinski definition) is 4. The van der Waals surface area contributed by atoms with Gasteiger partial charge in [-0.1, -0.05) is 31.2 Å². The van der Waals surface area contributed by atoms with E-state index in [0.29, 0.717) is 11.4 Å². The lowest BCUT2D eigenvalue weighted by atomic mass is 10.1. The zero-order valence-electron chi connectivity index (χ0n) is 14.5. The molecule has 1 aliphatic heterocycles. The largest absolute Gasteiger partial charge is 0.497 e. The Morgan fingerprint density at radius 1 is 1.08 bits per heavy atom. The Morgan fingerprint density at radius 3 is 2.31 bits per heavy atom. The van der Waals surface area contributed by atoms with Gasteiger partial charge >= 0.3 is 0 Å². The van der Waals surface area contributed by atoms with Crippen LogP contribution in [-0.4, -0.2) is 24.0 Å². The van der Waals surface area contributed by atoms with Crippen LogP contribution in [0.25, 0.3) is 6.08 Å². The highest BCUT2D eigenvalue weighted by molar-refractivity contribution is 7.80. The highest BCUT2D eigenvalue weighted by Crippen LogP contribution is 2.23. The molecule has 2 aromatic carbocycles. The molecule has 26 heavy (non-hydrogen) atoms. The van der Waals surface area contributed by atoms with Gasteiger partial charge in [-0.3, -0.25) is 19.8 Å². The van der Waals surface area contributed by atoms with Crippen LogP contribution in [0.4, 0.5) is 5.69 Å². The topological polar surface area (TPSA) is 58.6 Å². The lowest BCUT2D eigenvalue weighted by molar-refractivity contribution is -0.122. The number of anilines is 1. The van der Waals surface area contributed by atoms with E-state index in [-0.39, 0.29) is 10.7 Å². The van der Waals surface area contributed by atoms with Crippen LogP contribution < -0.4 is 15.0 Å². The monoisotopic (exact) mass is 366 g/mol. The number of rotatable bonds is 4. The fraction of sp³-hybridized carbons (Fsp3) is 0.150. The summed E-state index contributed by atoms with van der Waals surface area (Å²) in [5.41, 5.74) is 2.53. The number of thiocarbonyl (C=S) groups is 1. The smallest absolute Gasteiger partial charge is 0.270 e. The molecule has 1 fully saturated rings. The number of ether oxygens (including phenoxy) is 1. The number of nitrogens with one attached hydrogen (secondary N) is 1. The predicted octanol–water partition coefficient (Wildman–Crippen LogP) is 3.09. The van der Waals surface area contributed by atoms with E-state index in [1.54, 1.807) is 37.5 Å². The molecule has 0 radical (unpaired) electrons. The highest BCUT2D eigenvalue weighted by Gasteiger charge is 2.34. The fourth-order valence-electron chi connectivity index (χ4n) is 2.64. The molecular weight excluding hydrogens is 348 g/mol. The normalized spacial score (nSPS) is 16.0. The second kappa shape index (κ2) is 7.49. The minimum Gasteiger partial charge on any atom is -0.497 e. The van der Waals surface area contributed by atoms with Gasteiger partial charge in [-0.25, -0.2) is 0 Å². The summed E-state index contributed by atoms with van der Waals surface area (Å²) in [5.74, 6) is -0.249. The van der Waals surface area contributed by atoms with Gasteiger partial charge in [0.05, 0.1) is 12.8 Å². The van der Waals surface area contributed by atoms with Crippen molar-refractivity contribution in [2.24, 2.45) is 0 Å². The average molecular weight is 366 g/mol. The first-order chi connectivity index (χ1) is 12.5. The number of hydrogen-bond donors (Lipinski definition) is 1. The number of amides is 2. The zero-order valence-corrected chi connectivity index (χ0v) is 15.3. The van der Waals surface area contributed by atoms with Crippen molar-refractivity contribution in [1.82, 2.24) is 5.32 Å². The Labute approximate surface area is 157 Å². The molecule has 2 aromatic rings. The second-order valence-electron chi connectivity index (χ2n) is 5.75. The van der Waals surface area contributed by atoms with Crippen LogP contribution in [-0.2, 0) is 16.0 Å². The Hall–Kier alpha value is -2.99. The van der Waals surface area contributed by atoms with Crippen LogP contribution in [0.3, 0.4) is 0 Å². The molecule has 1 aliphatic rings. The van der Waals surface area contributed by atoms with E-state index in [9.17, 15) is 9.59 Å². The van der Waals surface area contributed by atoms with Gasteiger partial charge in [0.25, 0.3) is 11.8 Å².